The van der Waals surface area contributed by atoms with Crippen LogP contribution < -0.4 is 14.0 Å². The zero-order chi connectivity index (χ0) is 27.0. The van der Waals surface area contributed by atoms with E-state index >= 15 is 0 Å². The molecule has 6 nitrogen and oxygen atoms in total. The van der Waals surface area contributed by atoms with Crippen molar-refractivity contribution in [2.24, 2.45) is 7.05 Å². The molecule has 0 aliphatic heterocycles. The maximum atomic E-state index is 11.3. The molecule has 0 fully saturated rings. The predicted molar refractivity (Wildman–Crippen MR) is 151 cm³/mol. The van der Waals surface area contributed by atoms with E-state index in [1.807, 2.05) is 24.3 Å². The Labute approximate surface area is 227 Å². The van der Waals surface area contributed by atoms with E-state index in [0.717, 1.165) is 67.9 Å². The number of aryl methyl sites for hydroxylation is 2. The molecule has 0 aliphatic rings. The Morgan fingerprint density at radius 1 is 0.763 bits per heavy atom. The number of hydrogen-bond acceptors (Lipinski definition) is 4. The topological polar surface area (TPSA) is 53.6 Å². The number of carbonyl (C=O) groups excluding carboxylic acids is 1. The van der Waals surface area contributed by atoms with E-state index in [0.29, 0.717) is 18.8 Å². The molecular formula is C32H43N2O4+. The number of hydrogen-bond donors (Lipinski definition) is 0. The highest BCUT2D eigenvalue weighted by Gasteiger charge is 2.04. The van der Waals surface area contributed by atoms with Crippen LogP contribution >= 0.6 is 0 Å². The second kappa shape index (κ2) is 16.3. The fourth-order valence-corrected chi connectivity index (χ4v) is 4.10. The fourth-order valence-electron chi connectivity index (χ4n) is 4.10. The Bertz CT molecular complexity index is 1100. The second-order valence-electron chi connectivity index (χ2n) is 9.81. The van der Waals surface area contributed by atoms with E-state index in [2.05, 4.69) is 65.7 Å². The SMILES string of the molecule is C=C(C)C(=O)OCCCCCCOc1ccc(-c2ccc(OCCCCCCn3cc[n+](C)c3)cc2)cc1. The van der Waals surface area contributed by atoms with Crippen molar-refractivity contribution in [1.82, 2.24) is 4.57 Å². The Balaban J connectivity index is 1.24. The van der Waals surface area contributed by atoms with Gasteiger partial charge in [0.1, 0.15) is 23.9 Å². The van der Waals surface area contributed by atoms with Crippen LogP contribution in [-0.2, 0) is 23.1 Å². The molecule has 0 radical (unpaired) electrons. The zero-order valence-corrected chi connectivity index (χ0v) is 23.1. The lowest BCUT2D eigenvalue weighted by Crippen LogP contribution is -2.23. The van der Waals surface area contributed by atoms with Crippen molar-refractivity contribution in [3.05, 3.63) is 79.4 Å². The quantitative estimate of drug-likeness (QED) is 0.0814. The van der Waals surface area contributed by atoms with Gasteiger partial charge >= 0.3 is 5.97 Å². The van der Waals surface area contributed by atoms with Gasteiger partial charge in [-0.1, -0.05) is 30.8 Å². The molecule has 2 aromatic carbocycles. The number of unbranched alkanes of at least 4 members (excludes halogenated alkanes) is 6. The monoisotopic (exact) mass is 519 g/mol. The highest BCUT2D eigenvalue weighted by molar-refractivity contribution is 5.86. The number of rotatable bonds is 18. The summed E-state index contributed by atoms with van der Waals surface area (Å²) >= 11 is 0. The smallest absolute Gasteiger partial charge is 0.333 e. The average molecular weight is 520 g/mol. The van der Waals surface area contributed by atoms with Crippen LogP contribution in [0.1, 0.15) is 58.3 Å². The van der Waals surface area contributed by atoms with Crippen LogP contribution in [0.25, 0.3) is 11.1 Å². The first kappa shape index (κ1) is 29.0. The first-order valence-electron chi connectivity index (χ1n) is 13.8. The van der Waals surface area contributed by atoms with Crippen LogP contribution in [0, 0.1) is 0 Å². The van der Waals surface area contributed by atoms with Crippen molar-refractivity contribution >= 4 is 5.97 Å². The third-order valence-corrected chi connectivity index (χ3v) is 6.33. The predicted octanol–water partition coefficient (Wildman–Crippen LogP) is 6.68. The van der Waals surface area contributed by atoms with Crippen molar-refractivity contribution in [3.8, 4) is 22.6 Å². The van der Waals surface area contributed by atoms with E-state index in [-0.39, 0.29) is 5.97 Å². The van der Waals surface area contributed by atoms with E-state index in [1.165, 1.54) is 19.3 Å². The van der Waals surface area contributed by atoms with Crippen molar-refractivity contribution < 1.29 is 23.6 Å². The molecule has 0 aliphatic carbocycles. The highest BCUT2D eigenvalue weighted by atomic mass is 16.5. The summed E-state index contributed by atoms with van der Waals surface area (Å²) in [4.78, 5) is 11.3. The number of benzene rings is 2. The Morgan fingerprint density at radius 3 is 1.74 bits per heavy atom. The van der Waals surface area contributed by atoms with Gasteiger partial charge in [0.2, 0.25) is 6.33 Å². The summed E-state index contributed by atoms with van der Waals surface area (Å²) in [7, 11) is 2.05. The number of ether oxygens (including phenoxy) is 3. The largest absolute Gasteiger partial charge is 0.494 e. The molecule has 3 aromatic rings. The van der Waals surface area contributed by atoms with Crippen molar-refractivity contribution in [3.63, 3.8) is 0 Å². The maximum Gasteiger partial charge on any atom is 0.333 e. The standard InChI is InChI=1S/C32H43N2O4/c1-27(2)32(35)38-25-11-7-6-10-24-37-31-18-14-29(15-19-31)28-12-16-30(17-13-28)36-23-9-5-4-8-20-34-22-21-33(3)26-34/h12-19,21-22,26H,1,4-11,20,23-25H2,2-3H3/q+1. The normalized spacial score (nSPS) is 10.8. The molecule has 0 N–H and O–H groups in total. The van der Waals surface area contributed by atoms with Gasteiger partial charge in [0.25, 0.3) is 0 Å². The van der Waals surface area contributed by atoms with Gasteiger partial charge in [0.05, 0.1) is 33.4 Å². The molecule has 38 heavy (non-hydrogen) atoms. The van der Waals surface area contributed by atoms with Gasteiger partial charge in [0, 0.05) is 5.57 Å². The average Bonchev–Trinajstić information content (AvgIpc) is 3.35. The summed E-state index contributed by atoms with van der Waals surface area (Å²) in [5, 5.41) is 0. The molecule has 3 rings (SSSR count). The van der Waals surface area contributed by atoms with Gasteiger partial charge in [-0.2, -0.15) is 0 Å². The van der Waals surface area contributed by atoms with Crippen LogP contribution in [0.5, 0.6) is 11.5 Å². The fraction of sp³-hybridized carbons (Fsp3) is 0.438. The molecule has 0 amide bonds. The minimum absolute atomic E-state index is 0.309. The number of imidazole rings is 1. The van der Waals surface area contributed by atoms with Gasteiger partial charge in [-0.3, -0.25) is 0 Å². The first-order valence-corrected chi connectivity index (χ1v) is 13.8. The molecule has 0 saturated carbocycles. The van der Waals surface area contributed by atoms with E-state index in [9.17, 15) is 4.79 Å². The number of esters is 1. The van der Waals surface area contributed by atoms with Gasteiger partial charge in [-0.05, 0) is 93.7 Å². The van der Waals surface area contributed by atoms with Gasteiger partial charge in [-0.25, -0.2) is 13.9 Å². The molecule has 1 heterocycles. The van der Waals surface area contributed by atoms with Gasteiger partial charge < -0.3 is 14.2 Å². The summed E-state index contributed by atoms with van der Waals surface area (Å²) in [5.41, 5.74) is 2.76. The summed E-state index contributed by atoms with van der Waals surface area (Å²) in [5.74, 6) is 1.49. The second-order valence-corrected chi connectivity index (χ2v) is 9.81. The van der Waals surface area contributed by atoms with E-state index < -0.39 is 0 Å². The zero-order valence-electron chi connectivity index (χ0n) is 23.1. The molecule has 0 saturated heterocycles. The molecular weight excluding hydrogens is 476 g/mol. The number of aromatic nitrogens is 2. The third kappa shape index (κ3) is 10.8. The first-order chi connectivity index (χ1) is 18.5. The van der Waals surface area contributed by atoms with Crippen LogP contribution in [0.15, 0.2) is 79.4 Å². The Kier molecular flexibility index (Phi) is 12.5. The van der Waals surface area contributed by atoms with Crippen molar-refractivity contribution in [1.29, 1.82) is 0 Å². The van der Waals surface area contributed by atoms with Crippen LogP contribution in [-0.4, -0.2) is 30.4 Å². The Morgan fingerprint density at radius 2 is 1.26 bits per heavy atom. The summed E-state index contributed by atoms with van der Waals surface area (Å²) in [6.45, 7) is 8.21. The molecule has 0 unspecified atom stereocenters. The van der Waals surface area contributed by atoms with Crippen LogP contribution in [0.3, 0.4) is 0 Å². The minimum atomic E-state index is -0.309. The lowest BCUT2D eigenvalue weighted by Gasteiger charge is -2.09. The van der Waals surface area contributed by atoms with E-state index in [1.54, 1.807) is 6.92 Å². The van der Waals surface area contributed by atoms with E-state index in [4.69, 9.17) is 14.2 Å². The summed E-state index contributed by atoms with van der Waals surface area (Å²) < 4.78 is 21.2. The Hall–Kier alpha value is -3.54. The van der Waals surface area contributed by atoms with Crippen LogP contribution in [0.4, 0.5) is 0 Å². The lowest BCUT2D eigenvalue weighted by molar-refractivity contribution is -0.671. The maximum absolute atomic E-state index is 11.3. The summed E-state index contributed by atoms with van der Waals surface area (Å²) in [6.07, 6.45) is 14.9. The molecule has 1 aromatic heterocycles. The molecule has 6 heteroatoms. The number of carbonyl (C=O) groups is 1. The summed E-state index contributed by atoms with van der Waals surface area (Å²) in [6, 6.07) is 16.5. The van der Waals surface area contributed by atoms with Gasteiger partial charge in [0.15, 0.2) is 0 Å². The van der Waals surface area contributed by atoms with Crippen molar-refractivity contribution in [2.45, 2.75) is 64.8 Å². The molecule has 0 atom stereocenters. The molecule has 0 spiro atoms. The highest BCUT2D eigenvalue weighted by Crippen LogP contribution is 2.25. The lowest BCUT2D eigenvalue weighted by atomic mass is 10.1. The molecule has 204 valence electrons. The van der Waals surface area contributed by atoms with Gasteiger partial charge in [-0.15, -0.1) is 0 Å². The van der Waals surface area contributed by atoms with Crippen LogP contribution in [0.2, 0.25) is 0 Å². The third-order valence-electron chi connectivity index (χ3n) is 6.33. The van der Waals surface area contributed by atoms with Crippen molar-refractivity contribution in [2.75, 3.05) is 19.8 Å². The number of nitrogens with zero attached hydrogens (tertiary/aromatic N) is 2. The molecule has 0 bridgehead atoms. The minimum Gasteiger partial charge on any atom is -0.494 e.